The summed E-state index contributed by atoms with van der Waals surface area (Å²) in [6.45, 7) is 1.48. The van der Waals surface area contributed by atoms with E-state index in [1.54, 1.807) is 54.6 Å². The van der Waals surface area contributed by atoms with Crippen molar-refractivity contribution in [1.82, 2.24) is 0 Å². The topological polar surface area (TPSA) is 60.4 Å². The van der Waals surface area contributed by atoms with Crippen LogP contribution >= 0.6 is 0 Å². The lowest BCUT2D eigenvalue weighted by Crippen LogP contribution is -2.44. The highest BCUT2D eigenvalue weighted by Gasteiger charge is 2.61. The van der Waals surface area contributed by atoms with E-state index in [0.29, 0.717) is 11.1 Å². The largest absolute Gasteiger partial charge is 0.362 e. The van der Waals surface area contributed by atoms with Gasteiger partial charge in [-0.05, 0) is 6.92 Å². The quantitative estimate of drug-likeness (QED) is 0.582. The summed E-state index contributed by atoms with van der Waals surface area (Å²) in [6.07, 6.45) is 3.22. The molecule has 4 heteroatoms. The monoisotopic (exact) mass is 360 g/mol. The Morgan fingerprint density at radius 1 is 0.889 bits per heavy atom. The highest BCUT2D eigenvalue weighted by molar-refractivity contribution is 6.07. The number of ketones is 3. The van der Waals surface area contributed by atoms with E-state index in [2.05, 4.69) is 0 Å². The van der Waals surface area contributed by atoms with Crippen LogP contribution in [0, 0.1) is 11.8 Å². The standard InChI is InChI=1S/C23H20O4/c1-15(24)14-23-13-12-18(27-23)19(21(25)16-8-4-2-5-9-16)20(23)22(26)17-10-6-3-7-11-17/h2-13,18-20H,14H2,1H3/t18-,19+,20-,23-/m1/s1. The summed E-state index contributed by atoms with van der Waals surface area (Å²) in [7, 11) is 0. The van der Waals surface area contributed by atoms with E-state index < -0.39 is 23.5 Å². The fraction of sp³-hybridized carbons (Fsp3) is 0.261. The summed E-state index contributed by atoms with van der Waals surface area (Å²) in [5.74, 6) is -1.70. The Morgan fingerprint density at radius 3 is 2.00 bits per heavy atom. The van der Waals surface area contributed by atoms with Gasteiger partial charge in [0.2, 0.25) is 0 Å². The summed E-state index contributed by atoms with van der Waals surface area (Å²) in [6, 6.07) is 17.9. The third-order valence-electron chi connectivity index (χ3n) is 5.39. The SMILES string of the molecule is CC(=O)C[C@@]12C=C[C@@H](O1)[C@H](C(=O)c1ccccc1)[C@@H]2C(=O)c1ccccc1. The molecule has 1 saturated heterocycles. The van der Waals surface area contributed by atoms with Crippen LogP contribution in [0.2, 0.25) is 0 Å². The number of ether oxygens (including phenoxy) is 1. The zero-order chi connectivity index (χ0) is 19.0. The second-order valence-corrected chi connectivity index (χ2v) is 7.24. The maximum atomic E-state index is 13.4. The number of hydrogen-bond acceptors (Lipinski definition) is 4. The van der Waals surface area contributed by atoms with Crippen LogP contribution in [0.4, 0.5) is 0 Å². The van der Waals surface area contributed by atoms with E-state index >= 15 is 0 Å². The summed E-state index contributed by atoms with van der Waals surface area (Å²) in [4.78, 5) is 38.6. The summed E-state index contributed by atoms with van der Waals surface area (Å²) < 4.78 is 6.11. The Hall–Kier alpha value is -2.85. The molecule has 4 rings (SSSR count). The van der Waals surface area contributed by atoms with Crippen LogP contribution in [0.15, 0.2) is 72.8 Å². The second kappa shape index (κ2) is 6.71. The third kappa shape index (κ3) is 2.96. The predicted octanol–water partition coefficient (Wildman–Crippen LogP) is 3.67. The normalized spacial score (nSPS) is 28.3. The van der Waals surface area contributed by atoms with Gasteiger partial charge in [-0.15, -0.1) is 0 Å². The molecular weight excluding hydrogens is 340 g/mol. The maximum absolute atomic E-state index is 13.4. The fourth-order valence-electron chi connectivity index (χ4n) is 4.32. The molecule has 27 heavy (non-hydrogen) atoms. The Bertz CT molecular complexity index is 916. The molecule has 0 N–H and O–H groups in total. The average molecular weight is 360 g/mol. The number of Topliss-reactive ketones (excluding diaryl/α,β-unsaturated/α-hetero) is 3. The molecule has 2 aromatic carbocycles. The van der Waals surface area contributed by atoms with Gasteiger partial charge in [0, 0.05) is 17.5 Å². The Morgan fingerprint density at radius 2 is 1.44 bits per heavy atom. The zero-order valence-electron chi connectivity index (χ0n) is 15.0. The predicted molar refractivity (Wildman–Crippen MR) is 101 cm³/mol. The number of benzene rings is 2. The smallest absolute Gasteiger partial charge is 0.170 e. The first-order valence-corrected chi connectivity index (χ1v) is 9.07. The Labute approximate surface area is 157 Å². The lowest BCUT2D eigenvalue weighted by Gasteiger charge is -2.31. The highest BCUT2D eigenvalue weighted by atomic mass is 16.5. The molecule has 2 heterocycles. The number of carbonyl (C=O) groups excluding carboxylic acids is 3. The average Bonchev–Trinajstić information content (AvgIpc) is 3.23. The van der Waals surface area contributed by atoms with Gasteiger partial charge < -0.3 is 4.74 Å². The molecule has 4 atom stereocenters. The van der Waals surface area contributed by atoms with Crippen molar-refractivity contribution in [2.45, 2.75) is 25.0 Å². The van der Waals surface area contributed by atoms with Crippen LogP contribution in [0.1, 0.15) is 34.1 Å². The van der Waals surface area contributed by atoms with Crippen LogP contribution in [-0.2, 0) is 9.53 Å². The molecule has 0 aliphatic carbocycles. The van der Waals surface area contributed by atoms with E-state index in [9.17, 15) is 14.4 Å². The molecule has 0 aromatic heterocycles. The second-order valence-electron chi connectivity index (χ2n) is 7.24. The van der Waals surface area contributed by atoms with E-state index in [1.807, 2.05) is 18.2 Å². The maximum Gasteiger partial charge on any atom is 0.170 e. The Balaban J connectivity index is 1.78. The van der Waals surface area contributed by atoms with Crippen LogP contribution in [0.25, 0.3) is 0 Å². The van der Waals surface area contributed by atoms with E-state index in [4.69, 9.17) is 4.74 Å². The van der Waals surface area contributed by atoms with Crippen molar-refractivity contribution >= 4 is 17.3 Å². The lowest BCUT2D eigenvalue weighted by atomic mass is 9.68. The minimum atomic E-state index is -1.04. The van der Waals surface area contributed by atoms with Gasteiger partial charge in [0.15, 0.2) is 11.6 Å². The number of hydrogen-bond donors (Lipinski definition) is 0. The molecule has 2 aliphatic rings. The molecule has 0 spiro atoms. The van der Waals surface area contributed by atoms with Gasteiger partial charge in [0.05, 0.1) is 17.9 Å². The molecule has 0 unspecified atom stereocenters. The summed E-state index contributed by atoms with van der Waals surface area (Å²) >= 11 is 0. The van der Waals surface area contributed by atoms with Gasteiger partial charge in [0.25, 0.3) is 0 Å². The fourth-order valence-corrected chi connectivity index (χ4v) is 4.32. The molecule has 2 aliphatic heterocycles. The van der Waals surface area contributed by atoms with Gasteiger partial charge >= 0.3 is 0 Å². The van der Waals surface area contributed by atoms with Crippen molar-refractivity contribution in [2.75, 3.05) is 0 Å². The van der Waals surface area contributed by atoms with Gasteiger partial charge in [-0.1, -0.05) is 72.8 Å². The molecule has 4 nitrogen and oxygen atoms in total. The molecular formula is C23H20O4. The van der Waals surface area contributed by atoms with Crippen molar-refractivity contribution in [1.29, 1.82) is 0 Å². The molecule has 2 bridgehead atoms. The highest BCUT2D eigenvalue weighted by Crippen LogP contribution is 2.51. The lowest BCUT2D eigenvalue weighted by molar-refractivity contribution is -0.121. The van der Waals surface area contributed by atoms with Crippen molar-refractivity contribution < 1.29 is 19.1 Å². The summed E-state index contributed by atoms with van der Waals surface area (Å²) in [5, 5.41) is 0. The minimum absolute atomic E-state index is 0.0704. The van der Waals surface area contributed by atoms with Gasteiger partial charge in [-0.3, -0.25) is 14.4 Å². The molecule has 0 radical (unpaired) electrons. The van der Waals surface area contributed by atoms with Crippen molar-refractivity contribution in [3.63, 3.8) is 0 Å². The first-order valence-electron chi connectivity index (χ1n) is 9.07. The van der Waals surface area contributed by atoms with Crippen LogP contribution in [0.5, 0.6) is 0 Å². The van der Waals surface area contributed by atoms with Crippen LogP contribution in [0.3, 0.4) is 0 Å². The third-order valence-corrected chi connectivity index (χ3v) is 5.39. The van der Waals surface area contributed by atoms with Crippen molar-refractivity contribution in [3.8, 4) is 0 Å². The Kier molecular flexibility index (Phi) is 4.36. The molecule has 0 amide bonds. The van der Waals surface area contributed by atoms with Crippen LogP contribution < -0.4 is 0 Å². The van der Waals surface area contributed by atoms with E-state index in [1.165, 1.54) is 6.92 Å². The van der Waals surface area contributed by atoms with E-state index in [0.717, 1.165) is 0 Å². The molecule has 2 aromatic rings. The van der Waals surface area contributed by atoms with E-state index in [-0.39, 0.29) is 23.8 Å². The van der Waals surface area contributed by atoms with Crippen LogP contribution in [-0.4, -0.2) is 29.1 Å². The first kappa shape index (κ1) is 17.6. The number of rotatable bonds is 6. The zero-order valence-corrected chi connectivity index (χ0v) is 15.0. The molecule has 136 valence electrons. The van der Waals surface area contributed by atoms with Gasteiger partial charge in [-0.2, -0.15) is 0 Å². The first-order chi connectivity index (χ1) is 13.0. The molecule has 1 fully saturated rings. The summed E-state index contributed by atoms with van der Waals surface area (Å²) in [5.41, 5.74) is 0.0372. The van der Waals surface area contributed by atoms with Gasteiger partial charge in [0.1, 0.15) is 11.4 Å². The van der Waals surface area contributed by atoms with Crippen molar-refractivity contribution in [3.05, 3.63) is 83.9 Å². The minimum Gasteiger partial charge on any atom is -0.362 e. The number of fused-ring (bicyclic) bond motifs is 2. The van der Waals surface area contributed by atoms with Gasteiger partial charge in [-0.25, -0.2) is 0 Å². The van der Waals surface area contributed by atoms with Crippen molar-refractivity contribution in [2.24, 2.45) is 11.8 Å². The molecule has 0 saturated carbocycles. The number of carbonyl (C=O) groups is 3.